The molecule has 0 saturated heterocycles. The Balaban J connectivity index is 1.77. The van der Waals surface area contributed by atoms with E-state index in [1.54, 1.807) is 0 Å². The average molecular weight is 446 g/mol. The van der Waals surface area contributed by atoms with Crippen molar-refractivity contribution in [3.63, 3.8) is 0 Å². The Morgan fingerprint density at radius 3 is 2.27 bits per heavy atom. The van der Waals surface area contributed by atoms with Crippen molar-refractivity contribution >= 4 is 50.5 Å². The molecule has 0 saturated carbocycles. The van der Waals surface area contributed by atoms with Crippen molar-refractivity contribution < 1.29 is 0 Å². The molecule has 1 atom stereocenters. The summed E-state index contributed by atoms with van der Waals surface area (Å²) >= 11 is 16.0. The van der Waals surface area contributed by atoms with Crippen LogP contribution in [0.25, 0.3) is 0 Å². The zero-order chi connectivity index (χ0) is 18.1. The van der Waals surface area contributed by atoms with Gasteiger partial charge in [0.25, 0.3) is 0 Å². The highest BCUT2D eigenvalue weighted by Gasteiger charge is 2.30. The third-order valence-corrected chi connectivity index (χ3v) is 5.54. The molecule has 0 fully saturated rings. The first-order valence-electron chi connectivity index (χ1n) is 8.24. The van der Waals surface area contributed by atoms with Crippen molar-refractivity contribution in [3.8, 4) is 0 Å². The van der Waals surface area contributed by atoms with Crippen LogP contribution in [0.15, 0.2) is 82.4 Å². The number of hydrogen-bond acceptors (Lipinski definition) is 2. The lowest BCUT2D eigenvalue weighted by Gasteiger charge is -2.24. The molecule has 0 radical (unpaired) electrons. The molecule has 0 unspecified atom stereocenters. The molecule has 1 heterocycles. The van der Waals surface area contributed by atoms with Crippen LogP contribution in [0, 0.1) is 0 Å². The molecule has 2 nitrogen and oxygen atoms in total. The number of benzene rings is 3. The molecule has 0 aliphatic carbocycles. The molecule has 0 bridgehead atoms. The molecule has 3 aromatic rings. The third-order valence-electron chi connectivity index (χ3n) is 4.44. The summed E-state index contributed by atoms with van der Waals surface area (Å²) in [5, 5.41) is 8.35. The Morgan fingerprint density at radius 1 is 0.885 bits per heavy atom. The fourth-order valence-electron chi connectivity index (χ4n) is 3.13. The highest BCUT2D eigenvalue weighted by atomic mass is 79.9. The van der Waals surface area contributed by atoms with E-state index in [9.17, 15) is 0 Å². The van der Waals surface area contributed by atoms with Crippen molar-refractivity contribution in [2.24, 2.45) is 5.10 Å². The number of anilines is 1. The SMILES string of the molecule is Clc1ccc([C@H]2CC(c3ccc(Br)cc3)=NN2c2ccccc2Cl)cc1. The van der Waals surface area contributed by atoms with Crippen molar-refractivity contribution in [1.82, 2.24) is 0 Å². The largest absolute Gasteiger partial charge is 0.256 e. The van der Waals surface area contributed by atoms with E-state index in [0.29, 0.717) is 5.02 Å². The Morgan fingerprint density at radius 2 is 1.58 bits per heavy atom. The first-order valence-corrected chi connectivity index (χ1v) is 9.79. The van der Waals surface area contributed by atoms with Crippen LogP contribution in [0.1, 0.15) is 23.6 Å². The van der Waals surface area contributed by atoms with Crippen molar-refractivity contribution in [3.05, 3.63) is 98.4 Å². The van der Waals surface area contributed by atoms with Crippen LogP contribution in [0.5, 0.6) is 0 Å². The van der Waals surface area contributed by atoms with Crippen LogP contribution in [0.2, 0.25) is 10.0 Å². The van der Waals surface area contributed by atoms with Gasteiger partial charge in [-0.25, -0.2) is 0 Å². The Hall–Kier alpha value is -1.81. The molecule has 1 aliphatic rings. The molecule has 0 aromatic heterocycles. The zero-order valence-corrected chi connectivity index (χ0v) is 16.8. The summed E-state index contributed by atoms with van der Waals surface area (Å²) in [6.45, 7) is 0. The molecule has 5 heteroatoms. The number of hydrogen-bond donors (Lipinski definition) is 0. The fraction of sp³-hybridized carbons (Fsp3) is 0.0952. The molecule has 0 amide bonds. The normalized spacial score (nSPS) is 16.7. The molecule has 3 aromatic carbocycles. The minimum absolute atomic E-state index is 0.0748. The van der Waals surface area contributed by atoms with E-state index in [0.717, 1.165) is 38.4 Å². The zero-order valence-electron chi connectivity index (χ0n) is 13.7. The van der Waals surface area contributed by atoms with E-state index in [-0.39, 0.29) is 6.04 Å². The lowest BCUT2D eigenvalue weighted by atomic mass is 9.98. The van der Waals surface area contributed by atoms with Crippen molar-refractivity contribution in [2.75, 3.05) is 5.01 Å². The van der Waals surface area contributed by atoms with E-state index < -0.39 is 0 Å². The second-order valence-corrected chi connectivity index (χ2v) is 7.88. The number of rotatable bonds is 3. The quantitative estimate of drug-likeness (QED) is 0.419. The molecule has 0 N–H and O–H groups in total. The van der Waals surface area contributed by atoms with Gasteiger partial charge in [-0.1, -0.05) is 75.5 Å². The summed E-state index contributed by atoms with van der Waals surface area (Å²) < 4.78 is 1.05. The number of halogens is 3. The summed E-state index contributed by atoms with van der Waals surface area (Å²) in [5.74, 6) is 0. The molecule has 0 spiro atoms. The van der Waals surface area contributed by atoms with Gasteiger partial charge in [-0.05, 0) is 47.5 Å². The maximum atomic E-state index is 6.46. The molecule has 26 heavy (non-hydrogen) atoms. The molecule has 1 aliphatic heterocycles. The minimum Gasteiger partial charge on any atom is -0.256 e. The predicted molar refractivity (Wildman–Crippen MR) is 113 cm³/mol. The van der Waals surface area contributed by atoms with Gasteiger partial charge >= 0.3 is 0 Å². The van der Waals surface area contributed by atoms with Gasteiger partial charge in [0, 0.05) is 15.9 Å². The van der Waals surface area contributed by atoms with E-state index in [2.05, 4.69) is 40.2 Å². The van der Waals surface area contributed by atoms with Gasteiger partial charge in [-0.3, -0.25) is 5.01 Å². The van der Waals surface area contributed by atoms with Crippen LogP contribution in [-0.2, 0) is 0 Å². The highest BCUT2D eigenvalue weighted by Crippen LogP contribution is 2.39. The van der Waals surface area contributed by atoms with Crippen LogP contribution in [0.4, 0.5) is 5.69 Å². The summed E-state index contributed by atoms with van der Waals surface area (Å²) in [7, 11) is 0. The topological polar surface area (TPSA) is 15.6 Å². The maximum Gasteiger partial charge on any atom is 0.0832 e. The molecule has 130 valence electrons. The van der Waals surface area contributed by atoms with Gasteiger partial charge in [0.1, 0.15) is 0 Å². The summed E-state index contributed by atoms with van der Waals surface area (Å²) in [5.41, 5.74) is 4.21. The first-order chi connectivity index (χ1) is 12.6. The Bertz CT molecular complexity index is 953. The second-order valence-electron chi connectivity index (χ2n) is 6.12. The Labute approximate surface area is 171 Å². The minimum atomic E-state index is 0.0748. The van der Waals surface area contributed by atoms with E-state index in [1.165, 1.54) is 0 Å². The van der Waals surface area contributed by atoms with E-state index in [4.69, 9.17) is 28.3 Å². The number of nitrogens with zero attached hydrogens (tertiary/aromatic N) is 2. The summed E-state index contributed by atoms with van der Waals surface area (Å²) in [4.78, 5) is 0. The van der Waals surface area contributed by atoms with E-state index >= 15 is 0 Å². The standard InChI is InChI=1S/C21H15BrCl2N2/c22-16-9-5-14(6-10-16)19-13-21(15-7-11-17(23)12-8-15)26(25-19)20-4-2-1-3-18(20)24/h1-12,21H,13H2/t21-/m1/s1. The van der Waals surface area contributed by atoms with Crippen LogP contribution >= 0.6 is 39.1 Å². The maximum absolute atomic E-state index is 6.46. The number of hydrazone groups is 1. The Kier molecular flexibility index (Phi) is 5.03. The smallest absolute Gasteiger partial charge is 0.0832 e. The predicted octanol–water partition coefficient (Wildman–Crippen LogP) is 7.11. The average Bonchev–Trinajstić information content (AvgIpc) is 3.08. The summed E-state index contributed by atoms with van der Waals surface area (Å²) in [6, 6.07) is 24.0. The van der Waals surface area contributed by atoms with E-state index in [1.807, 2.05) is 53.5 Å². The van der Waals surface area contributed by atoms with Crippen LogP contribution in [0.3, 0.4) is 0 Å². The molecular formula is C21H15BrCl2N2. The van der Waals surface area contributed by atoms with Gasteiger partial charge in [0.15, 0.2) is 0 Å². The van der Waals surface area contributed by atoms with Gasteiger partial charge in [0.2, 0.25) is 0 Å². The van der Waals surface area contributed by atoms with Crippen LogP contribution < -0.4 is 5.01 Å². The first kappa shape index (κ1) is 17.6. The lowest BCUT2D eigenvalue weighted by Crippen LogP contribution is -2.18. The van der Waals surface area contributed by atoms with Crippen molar-refractivity contribution in [1.29, 1.82) is 0 Å². The van der Waals surface area contributed by atoms with Gasteiger partial charge in [0.05, 0.1) is 22.5 Å². The van der Waals surface area contributed by atoms with Gasteiger partial charge in [-0.15, -0.1) is 0 Å². The number of para-hydroxylation sites is 1. The van der Waals surface area contributed by atoms with Crippen LogP contribution in [-0.4, -0.2) is 5.71 Å². The summed E-state index contributed by atoms with van der Waals surface area (Å²) in [6.07, 6.45) is 0.800. The van der Waals surface area contributed by atoms with Gasteiger partial charge < -0.3 is 0 Å². The molecule has 4 rings (SSSR count). The van der Waals surface area contributed by atoms with Crippen molar-refractivity contribution in [2.45, 2.75) is 12.5 Å². The highest BCUT2D eigenvalue weighted by molar-refractivity contribution is 9.10. The van der Waals surface area contributed by atoms with Gasteiger partial charge in [-0.2, -0.15) is 5.10 Å². The second kappa shape index (κ2) is 7.43. The fourth-order valence-corrected chi connectivity index (χ4v) is 3.74. The molecular weight excluding hydrogens is 431 g/mol. The third kappa shape index (κ3) is 3.52. The monoisotopic (exact) mass is 444 g/mol. The lowest BCUT2D eigenvalue weighted by molar-refractivity contribution is 0.709.